The second-order valence-corrected chi connectivity index (χ2v) is 7.83. The van der Waals surface area contributed by atoms with Gasteiger partial charge in [0, 0.05) is 10.5 Å². The first-order valence-electron chi connectivity index (χ1n) is 8.38. The van der Waals surface area contributed by atoms with E-state index in [-0.39, 0.29) is 0 Å². The standard InChI is InChI=1S/C22H22O3S/c1-16-8-14-19(15-9-16)26(24)21-7-5-4-6-20(21)22(2,23)17-10-12-18(25-3)13-11-17/h4-15,23H,1-3H3/t22-,26?/m1/s1. The topological polar surface area (TPSA) is 46.5 Å². The Morgan fingerprint density at radius 2 is 1.54 bits per heavy atom. The minimum absolute atomic E-state index is 0.608. The third-order valence-electron chi connectivity index (χ3n) is 4.50. The highest BCUT2D eigenvalue weighted by atomic mass is 32.2. The van der Waals surface area contributed by atoms with Crippen molar-refractivity contribution in [1.82, 2.24) is 0 Å². The summed E-state index contributed by atoms with van der Waals surface area (Å²) in [6.07, 6.45) is 0. The van der Waals surface area contributed by atoms with Crippen LogP contribution in [0.2, 0.25) is 0 Å². The van der Waals surface area contributed by atoms with Crippen LogP contribution in [0.4, 0.5) is 0 Å². The van der Waals surface area contributed by atoms with Crippen LogP contribution in [0, 0.1) is 6.92 Å². The Kier molecular flexibility index (Phi) is 5.25. The molecule has 0 spiro atoms. The molecule has 26 heavy (non-hydrogen) atoms. The number of aliphatic hydroxyl groups is 1. The molecule has 134 valence electrons. The molecule has 0 radical (unpaired) electrons. The lowest BCUT2D eigenvalue weighted by molar-refractivity contribution is 0.0992. The third-order valence-corrected chi connectivity index (χ3v) is 5.95. The van der Waals surface area contributed by atoms with Gasteiger partial charge < -0.3 is 9.84 Å². The smallest absolute Gasteiger partial charge is 0.118 e. The molecule has 3 nitrogen and oxygen atoms in total. The van der Waals surface area contributed by atoms with Crippen LogP contribution in [-0.4, -0.2) is 16.4 Å². The third kappa shape index (κ3) is 3.57. The summed E-state index contributed by atoms with van der Waals surface area (Å²) in [6, 6.07) is 22.2. The molecule has 0 aromatic heterocycles. The predicted octanol–water partition coefficient (Wildman–Crippen LogP) is 4.43. The minimum atomic E-state index is -1.38. The molecule has 4 heteroatoms. The first-order chi connectivity index (χ1) is 12.4. The van der Waals surface area contributed by atoms with E-state index in [1.807, 2.05) is 79.7 Å². The van der Waals surface area contributed by atoms with Crippen molar-refractivity contribution in [2.24, 2.45) is 0 Å². The maximum absolute atomic E-state index is 13.1. The van der Waals surface area contributed by atoms with Crippen LogP contribution >= 0.6 is 0 Å². The summed E-state index contributed by atoms with van der Waals surface area (Å²) in [7, 11) is 0.227. The summed E-state index contributed by atoms with van der Waals surface area (Å²) < 4.78 is 18.3. The molecule has 1 N–H and O–H groups in total. The fourth-order valence-electron chi connectivity index (χ4n) is 2.89. The Bertz CT molecular complexity index is 913. The van der Waals surface area contributed by atoms with Gasteiger partial charge in [-0.1, -0.05) is 48.0 Å². The van der Waals surface area contributed by atoms with E-state index in [2.05, 4.69) is 0 Å². The summed E-state index contributed by atoms with van der Waals surface area (Å²) in [4.78, 5) is 1.32. The van der Waals surface area contributed by atoms with Gasteiger partial charge in [0.1, 0.15) is 11.4 Å². The Balaban J connectivity index is 2.05. The molecule has 0 bridgehead atoms. The molecule has 0 fully saturated rings. The van der Waals surface area contributed by atoms with Crippen LogP contribution in [0.1, 0.15) is 23.6 Å². The largest absolute Gasteiger partial charge is 0.497 e. The molecular weight excluding hydrogens is 344 g/mol. The second kappa shape index (κ2) is 7.44. The van der Waals surface area contributed by atoms with Gasteiger partial charge in [-0.3, -0.25) is 0 Å². The number of hydrogen-bond acceptors (Lipinski definition) is 3. The second-order valence-electron chi connectivity index (χ2n) is 6.38. The molecule has 2 atom stereocenters. The van der Waals surface area contributed by atoms with Crippen molar-refractivity contribution < 1.29 is 14.1 Å². The Morgan fingerprint density at radius 1 is 0.923 bits per heavy atom. The molecular formula is C22H22O3S. The highest BCUT2D eigenvalue weighted by Gasteiger charge is 2.30. The van der Waals surface area contributed by atoms with Gasteiger partial charge >= 0.3 is 0 Å². The Labute approximate surface area is 156 Å². The average molecular weight is 366 g/mol. The quantitative estimate of drug-likeness (QED) is 0.727. The highest BCUT2D eigenvalue weighted by Crippen LogP contribution is 2.35. The molecule has 0 aliphatic carbocycles. The predicted molar refractivity (Wildman–Crippen MR) is 104 cm³/mol. The van der Waals surface area contributed by atoms with E-state index in [0.717, 1.165) is 11.3 Å². The zero-order chi connectivity index (χ0) is 18.7. The van der Waals surface area contributed by atoms with Crippen molar-refractivity contribution in [2.75, 3.05) is 7.11 Å². The number of aryl methyl sites for hydroxylation is 1. The number of rotatable bonds is 5. The first kappa shape index (κ1) is 18.4. The van der Waals surface area contributed by atoms with E-state index in [9.17, 15) is 9.32 Å². The molecule has 0 aliphatic rings. The lowest BCUT2D eigenvalue weighted by atomic mass is 9.88. The van der Waals surface area contributed by atoms with Crippen molar-refractivity contribution in [2.45, 2.75) is 29.2 Å². The molecule has 0 amide bonds. The van der Waals surface area contributed by atoms with E-state index >= 15 is 0 Å². The molecule has 3 rings (SSSR count). The van der Waals surface area contributed by atoms with Gasteiger partial charge in [0.25, 0.3) is 0 Å². The van der Waals surface area contributed by atoms with E-state index < -0.39 is 16.4 Å². The lowest BCUT2D eigenvalue weighted by Gasteiger charge is -2.27. The van der Waals surface area contributed by atoms with E-state index in [1.165, 1.54) is 0 Å². The molecule has 0 saturated carbocycles. The zero-order valence-electron chi connectivity index (χ0n) is 15.1. The van der Waals surface area contributed by atoms with Gasteiger partial charge in [-0.2, -0.15) is 0 Å². The van der Waals surface area contributed by atoms with Crippen molar-refractivity contribution >= 4 is 10.8 Å². The van der Waals surface area contributed by atoms with Gasteiger partial charge in [-0.05, 0) is 49.7 Å². The van der Waals surface area contributed by atoms with Crippen LogP contribution in [0.5, 0.6) is 5.75 Å². The van der Waals surface area contributed by atoms with Crippen molar-refractivity contribution in [1.29, 1.82) is 0 Å². The maximum Gasteiger partial charge on any atom is 0.118 e. The normalized spacial score (nSPS) is 14.5. The summed E-state index contributed by atoms with van der Waals surface area (Å²) in [5.74, 6) is 0.723. The van der Waals surface area contributed by atoms with Gasteiger partial charge in [0.2, 0.25) is 0 Å². The van der Waals surface area contributed by atoms with E-state index in [0.29, 0.717) is 20.9 Å². The van der Waals surface area contributed by atoms with Gasteiger partial charge in [-0.15, -0.1) is 0 Å². The fraction of sp³-hybridized carbons (Fsp3) is 0.182. The Morgan fingerprint density at radius 3 is 2.15 bits per heavy atom. The maximum atomic E-state index is 13.1. The van der Waals surface area contributed by atoms with Gasteiger partial charge in [-0.25, -0.2) is 4.21 Å². The van der Waals surface area contributed by atoms with Crippen LogP contribution < -0.4 is 4.74 Å². The minimum Gasteiger partial charge on any atom is -0.497 e. The van der Waals surface area contributed by atoms with Crippen LogP contribution in [0.3, 0.4) is 0 Å². The SMILES string of the molecule is COc1ccc([C@@](C)(O)c2ccccc2S(=O)c2ccc(C)cc2)cc1. The summed E-state index contributed by atoms with van der Waals surface area (Å²) in [5, 5.41) is 11.3. The van der Waals surface area contributed by atoms with E-state index in [1.54, 1.807) is 14.0 Å². The van der Waals surface area contributed by atoms with Gasteiger partial charge in [0.15, 0.2) is 0 Å². The molecule has 0 saturated heterocycles. The van der Waals surface area contributed by atoms with Crippen LogP contribution in [-0.2, 0) is 16.4 Å². The number of ether oxygens (including phenoxy) is 1. The van der Waals surface area contributed by atoms with Crippen LogP contribution in [0.15, 0.2) is 82.6 Å². The number of hydrogen-bond donors (Lipinski definition) is 1. The lowest BCUT2D eigenvalue weighted by Crippen LogP contribution is -2.24. The first-order valence-corrected chi connectivity index (χ1v) is 9.53. The molecule has 1 unspecified atom stereocenters. The molecule has 3 aromatic rings. The van der Waals surface area contributed by atoms with Crippen molar-refractivity contribution in [3.8, 4) is 5.75 Å². The molecule has 3 aromatic carbocycles. The molecule has 0 heterocycles. The Hall–Kier alpha value is -2.43. The summed E-state index contributed by atoms with van der Waals surface area (Å²) in [6.45, 7) is 3.72. The van der Waals surface area contributed by atoms with Crippen LogP contribution in [0.25, 0.3) is 0 Å². The monoisotopic (exact) mass is 366 g/mol. The average Bonchev–Trinajstić information content (AvgIpc) is 2.68. The molecule has 0 aliphatic heterocycles. The summed E-state index contributed by atoms with van der Waals surface area (Å²) >= 11 is 0. The van der Waals surface area contributed by atoms with Crippen molar-refractivity contribution in [3.63, 3.8) is 0 Å². The van der Waals surface area contributed by atoms with Gasteiger partial charge in [0.05, 0.1) is 22.8 Å². The van der Waals surface area contributed by atoms with Crippen molar-refractivity contribution in [3.05, 3.63) is 89.5 Å². The number of benzene rings is 3. The summed E-state index contributed by atoms with van der Waals surface area (Å²) in [5.41, 5.74) is 1.18. The highest BCUT2D eigenvalue weighted by molar-refractivity contribution is 7.85. The fourth-order valence-corrected chi connectivity index (χ4v) is 4.20. The zero-order valence-corrected chi connectivity index (χ0v) is 15.9. The number of methoxy groups -OCH3 is 1. The van der Waals surface area contributed by atoms with E-state index in [4.69, 9.17) is 4.74 Å².